The highest BCUT2D eigenvalue weighted by Crippen LogP contribution is 2.30. The summed E-state index contributed by atoms with van der Waals surface area (Å²) in [5, 5.41) is 5.28. The van der Waals surface area contributed by atoms with Gasteiger partial charge in [-0.2, -0.15) is 13.2 Å². The van der Waals surface area contributed by atoms with E-state index in [0.717, 1.165) is 23.3 Å². The number of benzene rings is 3. The topological polar surface area (TPSA) is 67.4 Å². The van der Waals surface area contributed by atoms with Crippen molar-refractivity contribution in [3.63, 3.8) is 0 Å². The molecule has 2 N–H and O–H groups in total. The molecule has 3 aromatic carbocycles. The van der Waals surface area contributed by atoms with Crippen LogP contribution in [0.15, 0.2) is 66.7 Å². The number of halogens is 3. The van der Waals surface area contributed by atoms with Gasteiger partial charge in [-0.05, 0) is 80.4 Å². The Labute approximate surface area is 189 Å². The van der Waals surface area contributed by atoms with Gasteiger partial charge in [0.05, 0.1) is 5.56 Å². The molecule has 172 valence electrons. The first kappa shape index (κ1) is 23.8. The minimum atomic E-state index is -4.50. The molecule has 0 aliphatic rings. The van der Waals surface area contributed by atoms with E-state index in [4.69, 9.17) is 4.74 Å². The number of ether oxygens (including phenoxy) is 1. The van der Waals surface area contributed by atoms with Gasteiger partial charge in [0.1, 0.15) is 5.75 Å². The van der Waals surface area contributed by atoms with Gasteiger partial charge >= 0.3 is 6.18 Å². The van der Waals surface area contributed by atoms with Gasteiger partial charge in [-0.3, -0.25) is 9.59 Å². The third-order valence-electron chi connectivity index (χ3n) is 5.11. The van der Waals surface area contributed by atoms with Crippen LogP contribution in [0.25, 0.3) is 0 Å². The van der Waals surface area contributed by atoms with Crippen LogP contribution < -0.4 is 15.4 Å². The number of nitrogens with one attached hydrogen (secondary N) is 2. The summed E-state index contributed by atoms with van der Waals surface area (Å²) in [4.78, 5) is 24.9. The molecule has 0 aliphatic heterocycles. The summed E-state index contributed by atoms with van der Waals surface area (Å²) in [5.41, 5.74) is 2.14. The van der Waals surface area contributed by atoms with Crippen molar-refractivity contribution >= 4 is 23.2 Å². The highest BCUT2D eigenvalue weighted by molar-refractivity contribution is 6.04. The zero-order valence-electron chi connectivity index (χ0n) is 18.3. The molecule has 0 aromatic heterocycles. The lowest BCUT2D eigenvalue weighted by Gasteiger charge is -2.16. The number of carbonyl (C=O) groups is 2. The fourth-order valence-corrected chi connectivity index (χ4v) is 3.04. The molecule has 0 aliphatic carbocycles. The van der Waals surface area contributed by atoms with E-state index in [1.165, 1.54) is 36.4 Å². The average Bonchev–Trinajstić information content (AvgIpc) is 2.77. The molecule has 0 heterocycles. The Hall–Kier alpha value is -3.81. The molecule has 0 spiro atoms. The Kier molecular flexibility index (Phi) is 7.06. The lowest BCUT2D eigenvalue weighted by atomic mass is 10.1. The summed E-state index contributed by atoms with van der Waals surface area (Å²) in [6.45, 7) is 5.48. The van der Waals surface area contributed by atoms with Gasteiger partial charge in [-0.25, -0.2) is 0 Å². The predicted octanol–water partition coefficient (Wildman–Crippen LogP) is 5.98. The molecule has 8 heteroatoms. The number of carbonyl (C=O) groups excluding carboxylic acids is 2. The molecule has 1 unspecified atom stereocenters. The average molecular weight is 456 g/mol. The van der Waals surface area contributed by atoms with E-state index in [1.807, 2.05) is 32.0 Å². The number of anilines is 2. The molecule has 0 saturated heterocycles. The minimum absolute atomic E-state index is 0.0342. The van der Waals surface area contributed by atoms with Gasteiger partial charge in [0, 0.05) is 16.9 Å². The van der Waals surface area contributed by atoms with Crippen molar-refractivity contribution in [1.82, 2.24) is 0 Å². The summed E-state index contributed by atoms with van der Waals surface area (Å²) < 4.78 is 44.2. The highest BCUT2D eigenvalue weighted by Gasteiger charge is 2.30. The molecule has 5 nitrogen and oxygen atoms in total. The molecular weight excluding hydrogens is 433 g/mol. The smallest absolute Gasteiger partial charge is 0.416 e. The first-order valence-corrected chi connectivity index (χ1v) is 10.2. The SMILES string of the molecule is Cc1cccc(NC(=O)C(C)Oc2ccc(C(=O)Nc3cccc(C(F)(F)F)c3)cc2)c1C. The highest BCUT2D eigenvalue weighted by atomic mass is 19.4. The zero-order valence-corrected chi connectivity index (χ0v) is 18.3. The summed E-state index contributed by atoms with van der Waals surface area (Å²) in [5.74, 6) is -0.522. The van der Waals surface area contributed by atoms with Crippen LogP contribution in [0.3, 0.4) is 0 Å². The molecule has 2 amide bonds. The zero-order chi connectivity index (χ0) is 24.2. The van der Waals surface area contributed by atoms with Crippen LogP contribution in [0.5, 0.6) is 5.75 Å². The monoisotopic (exact) mass is 456 g/mol. The third kappa shape index (κ3) is 6.12. The van der Waals surface area contributed by atoms with Gasteiger partial charge in [-0.15, -0.1) is 0 Å². The quantitative estimate of drug-likeness (QED) is 0.480. The summed E-state index contributed by atoms with van der Waals surface area (Å²) >= 11 is 0. The Morgan fingerprint density at radius 2 is 1.58 bits per heavy atom. The number of aryl methyl sites for hydroxylation is 1. The molecule has 33 heavy (non-hydrogen) atoms. The number of rotatable bonds is 6. The van der Waals surface area contributed by atoms with Crippen molar-refractivity contribution in [2.45, 2.75) is 33.1 Å². The van der Waals surface area contributed by atoms with Crippen molar-refractivity contribution in [1.29, 1.82) is 0 Å². The van der Waals surface area contributed by atoms with Gasteiger partial charge in [0.15, 0.2) is 6.10 Å². The molecule has 0 radical (unpaired) electrons. The molecule has 3 rings (SSSR count). The van der Waals surface area contributed by atoms with Crippen molar-refractivity contribution in [2.24, 2.45) is 0 Å². The largest absolute Gasteiger partial charge is 0.481 e. The minimum Gasteiger partial charge on any atom is -0.481 e. The number of amides is 2. The van der Waals surface area contributed by atoms with Crippen LogP contribution >= 0.6 is 0 Å². The maximum absolute atomic E-state index is 12.8. The van der Waals surface area contributed by atoms with Crippen LogP contribution in [-0.2, 0) is 11.0 Å². The first-order chi connectivity index (χ1) is 15.5. The lowest BCUT2D eigenvalue weighted by molar-refractivity contribution is -0.137. The molecular formula is C25H23F3N2O3. The summed E-state index contributed by atoms with van der Waals surface area (Å²) in [7, 11) is 0. The molecule has 0 fully saturated rings. The second-order valence-corrected chi connectivity index (χ2v) is 7.55. The van der Waals surface area contributed by atoms with E-state index in [9.17, 15) is 22.8 Å². The van der Waals surface area contributed by atoms with E-state index < -0.39 is 23.8 Å². The predicted molar refractivity (Wildman–Crippen MR) is 120 cm³/mol. The van der Waals surface area contributed by atoms with E-state index in [-0.39, 0.29) is 17.2 Å². The fourth-order valence-electron chi connectivity index (χ4n) is 3.04. The van der Waals surface area contributed by atoms with Gasteiger partial charge in [0.2, 0.25) is 0 Å². The second kappa shape index (κ2) is 9.77. The number of hydrogen-bond donors (Lipinski definition) is 2. The molecule has 0 bridgehead atoms. The fraction of sp³-hybridized carbons (Fsp3) is 0.200. The van der Waals surface area contributed by atoms with E-state index in [0.29, 0.717) is 11.4 Å². The Balaban J connectivity index is 1.61. The molecule has 3 aromatic rings. The van der Waals surface area contributed by atoms with E-state index >= 15 is 0 Å². The summed E-state index contributed by atoms with van der Waals surface area (Å²) in [6.07, 6.45) is -5.30. The Bertz CT molecular complexity index is 1160. The van der Waals surface area contributed by atoms with Crippen LogP contribution in [0, 0.1) is 13.8 Å². The van der Waals surface area contributed by atoms with Crippen molar-refractivity contribution in [2.75, 3.05) is 10.6 Å². The van der Waals surface area contributed by atoms with Crippen molar-refractivity contribution in [3.8, 4) is 5.75 Å². The Morgan fingerprint density at radius 1 is 0.909 bits per heavy atom. The van der Waals surface area contributed by atoms with Crippen LogP contribution in [-0.4, -0.2) is 17.9 Å². The van der Waals surface area contributed by atoms with Crippen LogP contribution in [0.1, 0.15) is 34.0 Å². The van der Waals surface area contributed by atoms with Crippen LogP contribution in [0.4, 0.5) is 24.5 Å². The first-order valence-electron chi connectivity index (χ1n) is 10.2. The number of alkyl halides is 3. The third-order valence-corrected chi connectivity index (χ3v) is 5.11. The van der Waals surface area contributed by atoms with E-state index in [1.54, 1.807) is 6.92 Å². The van der Waals surface area contributed by atoms with Crippen LogP contribution in [0.2, 0.25) is 0 Å². The maximum atomic E-state index is 12.8. The standard InChI is InChI=1S/C25H23F3N2O3/c1-15-6-4-9-22(16(15)2)30-23(31)17(3)33-21-12-10-18(11-13-21)24(32)29-20-8-5-7-19(14-20)25(26,27)28/h4-14,17H,1-3H3,(H,29,32)(H,30,31). The lowest BCUT2D eigenvalue weighted by Crippen LogP contribution is -2.30. The Morgan fingerprint density at radius 3 is 2.24 bits per heavy atom. The van der Waals surface area contributed by atoms with E-state index in [2.05, 4.69) is 10.6 Å². The normalized spacial score (nSPS) is 12.1. The van der Waals surface area contributed by atoms with Crippen molar-refractivity contribution < 1.29 is 27.5 Å². The number of hydrogen-bond acceptors (Lipinski definition) is 3. The maximum Gasteiger partial charge on any atom is 0.416 e. The summed E-state index contributed by atoms with van der Waals surface area (Å²) in [6, 6.07) is 16.0. The van der Waals surface area contributed by atoms with Gasteiger partial charge < -0.3 is 15.4 Å². The van der Waals surface area contributed by atoms with Gasteiger partial charge in [-0.1, -0.05) is 18.2 Å². The molecule has 1 atom stereocenters. The van der Waals surface area contributed by atoms with Crippen molar-refractivity contribution in [3.05, 3.63) is 89.0 Å². The van der Waals surface area contributed by atoms with Gasteiger partial charge in [0.25, 0.3) is 11.8 Å². The second-order valence-electron chi connectivity index (χ2n) is 7.55. The molecule has 0 saturated carbocycles.